The molecule has 0 rings (SSSR count). The van der Waals surface area contributed by atoms with E-state index in [-0.39, 0.29) is 12.3 Å². The number of aliphatic carboxylic acids is 2. The summed E-state index contributed by atoms with van der Waals surface area (Å²) in [5, 5.41) is 18.0. The van der Waals surface area contributed by atoms with Gasteiger partial charge in [0, 0.05) is 0 Å². The molecule has 0 aliphatic carbocycles. The Morgan fingerprint density at radius 2 is 1.64 bits per heavy atom. The molecule has 0 aromatic heterocycles. The molecule has 82 valence electrons. The number of carbonyl (C=O) groups is 2. The molecule has 0 aromatic carbocycles. The third-order valence-corrected chi connectivity index (χ3v) is 2.88. The minimum absolute atomic E-state index is 0.124. The van der Waals surface area contributed by atoms with E-state index in [1.54, 1.807) is 13.8 Å². The summed E-state index contributed by atoms with van der Waals surface area (Å²) >= 11 is 0. The number of carboxylic acid groups (broad SMARTS) is 2. The van der Waals surface area contributed by atoms with Gasteiger partial charge in [0.25, 0.3) is 0 Å². The van der Waals surface area contributed by atoms with E-state index in [2.05, 4.69) is 0 Å². The third-order valence-electron chi connectivity index (χ3n) is 2.88. The van der Waals surface area contributed by atoms with Crippen LogP contribution in [-0.2, 0) is 9.59 Å². The number of hydrogen-bond acceptors (Lipinski definition) is 2. The quantitative estimate of drug-likeness (QED) is 0.646. The zero-order chi connectivity index (χ0) is 11.4. The molecule has 4 nitrogen and oxygen atoms in total. The highest BCUT2D eigenvalue weighted by atomic mass is 16.4. The van der Waals surface area contributed by atoms with Crippen molar-refractivity contribution < 1.29 is 19.8 Å². The second-order valence-corrected chi connectivity index (χ2v) is 3.62. The monoisotopic (exact) mass is 202 g/mol. The van der Waals surface area contributed by atoms with Crippen LogP contribution in [0.4, 0.5) is 0 Å². The van der Waals surface area contributed by atoms with E-state index in [1.807, 2.05) is 6.92 Å². The van der Waals surface area contributed by atoms with E-state index in [4.69, 9.17) is 10.2 Å². The van der Waals surface area contributed by atoms with Crippen molar-refractivity contribution in [3.05, 3.63) is 0 Å². The molecule has 0 saturated heterocycles. The van der Waals surface area contributed by atoms with Crippen LogP contribution in [0.2, 0.25) is 0 Å². The summed E-state index contributed by atoms with van der Waals surface area (Å²) in [6, 6.07) is 0. The summed E-state index contributed by atoms with van der Waals surface area (Å²) in [5.74, 6) is -2.80. The molecule has 0 bridgehead atoms. The van der Waals surface area contributed by atoms with Gasteiger partial charge in [-0.15, -0.1) is 0 Å². The largest absolute Gasteiger partial charge is 0.480 e. The van der Waals surface area contributed by atoms with E-state index in [0.29, 0.717) is 6.42 Å². The van der Waals surface area contributed by atoms with Crippen LogP contribution in [0.1, 0.15) is 40.0 Å². The SMILES string of the molecule is CCCC(C)C(CC)(C(=O)O)C(=O)O. The molecular formula is C10H18O4. The summed E-state index contributed by atoms with van der Waals surface area (Å²) in [4.78, 5) is 22.1. The first-order valence-corrected chi connectivity index (χ1v) is 4.90. The zero-order valence-electron chi connectivity index (χ0n) is 8.91. The van der Waals surface area contributed by atoms with E-state index >= 15 is 0 Å². The van der Waals surface area contributed by atoms with Crippen LogP contribution in [0.25, 0.3) is 0 Å². The molecule has 0 aromatic rings. The highest BCUT2D eigenvalue weighted by Crippen LogP contribution is 2.35. The van der Waals surface area contributed by atoms with Gasteiger partial charge < -0.3 is 10.2 Å². The fourth-order valence-electron chi connectivity index (χ4n) is 1.84. The minimum Gasteiger partial charge on any atom is -0.480 e. The number of hydrogen-bond donors (Lipinski definition) is 2. The second-order valence-electron chi connectivity index (χ2n) is 3.62. The van der Waals surface area contributed by atoms with Gasteiger partial charge in [-0.3, -0.25) is 9.59 Å². The van der Waals surface area contributed by atoms with Crippen molar-refractivity contribution in [2.45, 2.75) is 40.0 Å². The molecule has 0 spiro atoms. The lowest BCUT2D eigenvalue weighted by Crippen LogP contribution is -2.44. The molecule has 0 amide bonds. The highest BCUT2D eigenvalue weighted by molar-refractivity contribution is 5.98. The molecule has 1 atom stereocenters. The molecule has 0 saturated carbocycles. The maximum atomic E-state index is 11.0. The first kappa shape index (κ1) is 12.9. The lowest BCUT2D eigenvalue weighted by molar-refractivity contribution is -0.169. The van der Waals surface area contributed by atoms with Crippen LogP contribution in [0.15, 0.2) is 0 Å². The molecule has 0 aliphatic heterocycles. The Labute approximate surface area is 83.9 Å². The lowest BCUT2D eigenvalue weighted by Gasteiger charge is -2.29. The first-order chi connectivity index (χ1) is 6.43. The molecule has 14 heavy (non-hydrogen) atoms. The molecular weight excluding hydrogens is 184 g/mol. The number of rotatable bonds is 6. The van der Waals surface area contributed by atoms with E-state index < -0.39 is 17.4 Å². The van der Waals surface area contributed by atoms with Crippen LogP contribution in [-0.4, -0.2) is 22.2 Å². The summed E-state index contributed by atoms with van der Waals surface area (Å²) in [6.07, 6.45) is 1.54. The Kier molecular flexibility index (Phi) is 4.60. The predicted octanol–water partition coefficient (Wildman–Crippen LogP) is 1.99. The molecule has 2 N–H and O–H groups in total. The summed E-state index contributed by atoms with van der Waals surface area (Å²) < 4.78 is 0. The van der Waals surface area contributed by atoms with Crippen molar-refractivity contribution in [1.82, 2.24) is 0 Å². The fraction of sp³-hybridized carbons (Fsp3) is 0.800. The van der Waals surface area contributed by atoms with Gasteiger partial charge in [0.05, 0.1) is 0 Å². The smallest absolute Gasteiger partial charge is 0.321 e. The second kappa shape index (κ2) is 4.98. The Balaban J connectivity index is 5.03. The number of carboxylic acids is 2. The molecule has 0 fully saturated rings. The Morgan fingerprint density at radius 1 is 1.21 bits per heavy atom. The van der Waals surface area contributed by atoms with Gasteiger partial charge >= 0.3 is 11.9 Å². The standard InChI is InChI=1S/C10H18O4/c1-4-6-7(3)10(5-2,8(11)12)9(13)14/h7H,4-6H2,1-3H3,(H,11,12)(H,13,14). The average Bonchev–Trinajstić information content (AvgIpc) is 2.05. The Hall–Kier alpha value is -1.06. The molecule has 4 heteroatoms. The van der Waals surface area contributed by atoms with Gasteiger partial charge in [0.1, 0.15) is 0 Å². The molecule has 0 aliphatic rings. The van der Waals surface area contributed by atoms with E-state index in [0.717, 1.165) is 6.42 Å². The van der Waals surface area contributed by atoms with Crippen molar-refractivity contribution in [2.24, 2.45) is 11.3 Å². The predicted molar refractivity (Wildman–Crippen MR) is 52.1 cm³/mol. The normalized spacial score (nSPS) is 13.6. The topological polar surface area (TPSA) is 74.6 Å². The van der Waals surface area contributed by atoms with Gasteiger partial charge in [0.15, 0.2) is 5.41 Å². The van der Waals surface area contributed by atoms with Crippen LogP contribution in [0.3, 0.4) is 0 Å². The third kappa shape index (κ3) is 2.05. The van der Waals surface area contributed by atoms with Crippen LogP contribution in [0.5, 0.6) is 0 Å². The zero-order valence-corrected chi connectivity index (χ0v) is 8.91. The van der Waals surface area contributed by atoms with Crippen LogP contribution >= 0.6 is 0 Å². The lowest BCUT2D eigenvalue weighted by atomic mass is 9.72. The maximum Gasteiger partial charge on any atom is 0.321 e. The van der Waals surface area contributed by atoms with Gasteiger partial charge in [-0.25, -0.2) is 0 Å². The van der Waals surface area contributed by atoms with Crippen molar-refractivity contribution in [3.63, 3.8) is 0 Å². The maximum absolute atomic E-state index is 11.0. The molecule has 0 heterocycles. The summed E-state index contributed by atoms with van der Waals surface area (Å²) in [7, 11) is 0. The minimum atomic E-state index is -1.62. The Bertz CT molecular complexity index is 208. The summed E-state index contributed by atoms with van der Waals surface area (Å²) in [5.41, 5.74) is -1.62. The average molecular weight is 202 g/mol. The van der Waals surface area contributed by atoms with Crippen molar-refractivity contribution in [2.75, 3.05) is 0 Å². The van der Waals surface area contributed by atoms with Crippen molar-refractivity contribution >= 4 is 11.9 Å². The molecule has 0 radical (unpaired) electrons. The fourth-order valence-corrected chi connectivity index (χ4v) is 1.84. The van der Waals surface area contributed by atoms with Crippen molar-refractivity contribution in [1.29, 1.82) is 0 Å². The Morgan fingerprint density at radius 3 is 1.86 bits per heavy atom. The molecule has 1 unspecified atom stereocenters. The van der Waals surface area contributed by atoms with Crippen LogP contribution in [0, 0.1) is 11.3 Å². The van der Waals surface area contributed by atoms with Gasteiger partial charge in [-0.05, 0) is 18.8 Å². The first-order valence-electron chi connectivity index (χ1n) is 4.90. The van der Waals surface area contributed by atoms with Crippen LogP contribution < -0.4 is 0 Å². The van der Waals surface area contributed by atoms with E-state index in [1.165, 1.54) is 0 Å². The van der Waals surface area contributed by atoms with Gasteiger partial charge in [0.2, 0.25) is 0 Å². The van der Waals surface area contributed by atoms with Crippen molar-refractivity contribution in [3.8, 4) is 0 Å². The van der Waals surface area contributed by atoms with Gasteiger partial charge in [-0.1, -0.05) is 27.2 Å². The summed E-state index contributed by atoms with van der Waals surface area (Å²) in [6.45, 7) is 5.21. The van der Waals surface area contributed by atoms with E-state index in [9.17, 15) is 9.59 Å². The highest BCUT2D eigenvalue weighted by Gasteiger charge is 2.48. The van der Waals surface area contributed by atoms with Gasteiger partial charge in [-0.2, -0.15) is 0 Å².